The molecule has 1 saturated carbocycles. The van der Waals surface area contributed by atoms with Crippen molar-refractivity contribution in [3.8, 4) is 0 Å². The zero-order chi connectivity index (χ0) is 15.3. The number of rotatable bonds is 4. The van der Waals surface area contributed by atoms with Gasteiger partial charge in [0.15, 0.2) is 0 Å². The number of carbonyl (C=O) groups excluding carboxylic acids is 2. The Morgan fingerprint density at radius 1 is 1.18 bits per heavy atom. The van der Waals surface area contributed by atoms with Crippen molar-refractivity contribution in [3.05, 3.63) is 36.0 Å². The quantitative estimate of drug-likeness (QED) is 0.677. The van der Waals surface area contributed by atoms with Gasteiger partial charge in [0.2, 0.25) is 11.8 Å². The van der Waals surface area contributed by atoms with Crippen LogP contribution in [0.5, 0.6) is 0 Å². The van der Waals surface area contributed by atoms with Gasteiger partial charge in [-0.3, -0.25) is 14.5 Å². The number of imide groups is 1. The smallest absolute Gasteiger partial charge is 0.233 e. The molecule has 0 spiro atoms. The summed E-state index contributed by atoms with van der Waals surface area (Å²) < 4.78 is 0. The molecule has 0 radical (unpaired) electrons. The third-order valence-electron chi connectivity index (χ3n) is 5.09. The fourth-order valence-corrected chi connectivity index (χ4v) is 4.12. The van der Waals surface area contributed by atoms with E-state index >= 15 is 0 Å². The SMILES string of the molecule is Cc1cccc(NCCN2C(=O)[C@@H]3[C@@H](C2=O)[C@H]2C=C[C@H]3C2)n1. The van der Waals surface area contributed by atoms with Crippen molar-refractivity contribution in [3.63, 3.8) is 0 Å². The molecule has 2 fully saturated rings. The molecule has 1 N–H and O–H groups in total. The molecular weight excluding hydrogens is 278 g/mol. The third-order valence-corrected chi connectivity index (χ3v) is 5.09. The zero-order valence-electron chi connectivity index (χ0n) is 12.5. The molecule has 1 aromatic rings. The molecule has 1 saturated heterocycles. The molecule has 5 heteroatoms. The first-order chi connectivity index (χ1) is 10.6. The van der Waals surface area contributed by atoms with Gasteiger partial charge in [-0.25, -0.2) is 4.98 Å². The first-order valence-corrected chi connectivity index (χ1v) is 7.86. The number of hydrogen-bond donors (Lipinski definition) is 1. The normalized spacial score (nSPS) is 32.0. The van der Waals surface area contributed by atoms with Gasteiger partial charge in [0.1, 0.15) is 5.82 Å². The number of fused-ring (bicyclic) bond motifs is 5. The van der Waals surface area contributed by atoms with Gasteiger partial charge in [-0.2, -0.15) is 0 Å². The van der Waals surface area contributed by atoms with Crippen LogP contribution >= 0.6 is 0 Å². The molecule has 2 aliphatic carbocycles. The number of allylic oxidation sites excluding steroid dienone is 2. The topological polar surface area (TPSA) is 62.3 Å². The number of aryl methyl sites for hydroxylation is 1. The van der Waals surface area contributed by atoms with E-state index in [0.29, 0.717) is 13.1 Å². The van der Waals surface area contributed by atoms with Crippen LogP contribution in [0.4, 0.5) is 5.82 Å². The zero-order valence-corrected chi connectivity index (χ0v) is 12.5. The van der Waals surface area contributed by atoms with Gasteiger partial charge in [0, 0.05) is 18.8 Å². The number of nitrogens with zero attached hydrogens (tertiary/aromatic N) is 2. The lowest BCUT2D eigenvalue weighted by Gasteiger charge is -2.17. The molecular formula is C17H19N3O2. The van der Waals surface area contributed by atoms with Crippen LogP contribution in [0, 0.1) is 30.6 Å². The summed E-state index contributed by atoms with van der Waals surface area (Å²) in [5, 5.41) is 3.18. The molecule has 4 atom stereocenters. The van der Waals surface area contributed by atoms with Crippen LogP contribution in [0.3, 0.4) is 0 Å². The van der Waals surface area contributed by atoms with E-state index in [1.165, 1.54) is 4.90 Å². The molecule has 0 unspecified atom stereocenters. The van der Waals surface area contributed by atoms with Crippen LogP contribution in [0.25, 0.3) is 0 Å². The van der Waals surface area contributed by atoms with Crippen molar-refractivity contribution < 1.29 is 9.59 Å². The molecule has 22 heavy (non-hydrogen) atoms. The molecule has 2 amide bonds. The van der Waals surface area contributed by atoms with Gasteiger partial charge < -0.3 is 5.32 Å². The van der Waals surface area contributed by atoms with Crippen molar-refractivity contribution in [2.24, 2.45) is 23.7 Å². The summed E-state index contributed by atoms with van der Waals surface area (Å²) in [6.45, 7) is 2.89. The monoisotopic (exact) mass is 297 g/mol. The van der Waals surface area contributed by atoms with Crippen LogP contribution in [-0.2, 0) is 9.59 Å². The summed E-state index contributed by atoms with van der Waals surface area (Å²) in [6, 6.07) is 5.76. The highest BCUT2D eigenvalue weighted by molar-refractivity contribution is 6.06. The number of pyridine rings is 1. The van der Waals surface area contributed by atoms with E-state index in [0.717, 1.165) is 17.9 Å². The second-order valence-corrected chi connectivity index (χ2v) is 6.42. The lowest BCUT2D eigenvalue weighted by Crippen LogP contribution is -2.36. The number of aromatic nitrogens is 1. The fourth-order valence-electron chi connectivity index (χ4n) is 4.12. The van der Waals surface area contributed by atoms with Gasteiger partial charge in [-0.05, 0) is 37.3 Å². The molecule has 2 bridgehead atoms. The number of carbonyl (C=O) groups is 2. The Labute approximate surface area is 129 Å². The molecule has 2 heterocycles. The highest BCUT2D eigenvalue weighted by Crippen LogP contribution is 2.52. The minimum Gasteiger partial charge on any atom is -0.368 e. The maximum atomic E-state index is 12.5. The minimum absolute atomic E-state index is 0.0193. The Kier molecular flexibility index (Phi) is 3.03. The molecule has 3 aliphatic rings. The summed E-state index contributed by atoms with van der Waals surface area (Å²) in [6.07, 6.45) is 5.22. The standard InChI is InChI=1S/C17H19N3O2/c1-10-3-2-4-13(19-10)18-7-8-20-16(21)14-11-5-6-12(9-11)15(14)17(20)22/h2-6,11-12,14-15H,7-9H2,1H3,(H,18,19)/t11-,12-,14-,15-/m0/s1. The number of likely N-dealkylation sites (tertiary alicyclic amines) is 1. The average Bonchev–Trinajstić information content (AvgIpc) is 3.16. The van der Waals surface area contributed by atoms with Gasteiger partial charge in [-0.1, -0.05) is 18.2 Å². The van der Waals surface area contributed by atoms with E-state index in [1.54, 1.807) is 0 Å². The highest BCUT2D eigenvalue weighted by Gasteiger charge is 2.58. The Morgan fingerprint density at radius 3 is 2.50 bits per heavy atom. The number of hydrogen-bond acceptors (Lipinski definition) is 4. The third kappa shape index (κ3) is 1.95. The molecule has 4 rings (SSSR count). The van der Waals surface area contributed by atoms with Crippen molar-refractivity contribution >= 4 is 17.6 Å². The Bertz CT molecular complexity index is 640. The van der Waals surface area contributed by atoms with Gasteiger partial charge in [0.25, 0.3) is 0 Å². The van der Waals surface area contributed by atoms with E-state index in [4.69, 9.17) is 0 Å². The predicted octanol–water partition coefficient (Wildman–Crippen LogP) is 1.61. The summed E-state index contributed by atoms with van der Waals surface area (Å²) in [4.78, 5) is 30.8. The van der Waals surface area contributed by atoms with Crippen molar-refractivity contribution in [2.45, 2.75) is 13.3 Å². The van der Waals surface area contributed by atoms with Crippen molar-refractivity contribution in [1.29, 1.82) is 0 Å². The molecule has 0 aromatic carbocycles. The van der Waals surface area contributed by atoms with Crippen LogP contribution in [0.15, 0.2) is 30.4 Å². The van der Waals surface area contributed by atoms with E-state index < -0.39 is 0 Å². The Hall–Kier alpha value is -2.17. The number of anilines is 1. The maximum absolute atomic E-state index is 12.5. The van der Waals surface area contributed by atoms with Gasteiger partial charge >= 0.3 is 0 Å². The van der Waals surface area contributed by atoms with E-state index in [1.807, 2.05) is 25.1 Å². The number of amides is 2. The molecule has 1 aliphatic heterocycles. The first-order valence-electron chi connectivity index (χ1n) is 7.86. The summed E-state index contributed by atoms with van der Waals surface area (Å²) >= 11 is 0. The van der Waals surface area contributed by atoms with Gasteiger partial charge in [0.05, 0.1) is 11.8 Å². The second-order valence-electron chi connectivity index (χ2n) is 6.42. The molecule has 114 valence electrons. The largest absolute Gasteiger partial charge is 0.368 e. The van der Waals surface area contributed by atoms with Crippen LogP contribution < -0.4 is 5.32 Å². The average molecular weight is 297 g/mol. The van der Waals surface area contributed by atoms with Crippen LogP contribution in [-0.4, -0.2) is 34.8 Å². The first kappa shape index (κ1) is 13.5. The highest BCUT2D eigenvalue weighted by atomic mass is 16.2. The molecule has 5 nitrogen and oxygen atoms in total. The van der Waals surface area contributed by atoms with Crippen molar-refractivity contribution in [2.75, 3.05) is 18.4 Å². The fraction of sp³-hybridized carbons (Fsp3) is 0.471. The van der Waals surface area contributed by atoms with E-state index in [9.17, 15) is 9.59 Å². The van der Waals surface area contributed by atoms with Crippen LogP contribution in [0.2, 0.25) is 0 Å². The summed E-state index contributed by atoms with van der Waals surface area (Å²) in [5.41, 5.74) is 0.940. The molecule has 1 aromatic heterocycles. The van der Waals surface area contributed by atoms with Gasteiger partial charge in [-0.15, -0.1) is 0 Å². The minimum atomic E-state index is -0.0976. The lowest BCUT2D eigenvalue weighted by atomic mass is 9.85. The maximum Gasteiger partial charge on any atom is 0.233 e. The summed E-state index contributed by atoms with van der Waals surface area (Å²) in [5.74, 6) is 1.18. The Balaban J connectivity index is 1.40. The second kappa shape index (κ2) is 4.93. The van der Waals surface area contributed by atoms with Crippen LogP contribution in [0.1, 0.15) is 12.1 Å². The predicted molar refractivity (Wildman–Crippen MR) is 81.9 cm³/mol. The lowest BCUT2D eigenvalue weighted by molar-refractivity contribution is -0.140. The summed E-state index contributed by atoms with van der Waals surface area (Å²) in [7, 11) is 0. The Morgan fingerprint density at radius 2 is 1.86 bits per heavy atom. The number of nitrogens with one attached hydrogen (secondary N) is 1. The van der Waals surface area contributed by atoms with Crippen molar-refractivity contribution in [1.82, 2.24) is 9.88 Å². The van der Waals surface area contributed by atoms with E-state index in [2.05, 4.69) is 22.5 Å². The van der Waals surface area contributed by atoms with E-state index in [-0.39, 0.29) is 35.5 Å².